The van der Waals surface area contributed by atoms with E-state index in [2.05, 4.69) is 36.1 Å². The molecule has 0 radical (unpaired) electrons. The van der Waals surface area contributed by atoms with Gasteiger partial charge in [-0.25, -0.2) is 0 Å². The number of hydrogen-bond donors (Lipinski definition) is 0. The summed E-state index contributed by atoms with van der Waals surface area (Å²) in [6.07, 6.45) is 1.80. The molecule has 0 bridgehead atoms. The van der Waals surface area contributed by atoms with Gasteiger partial charge in [0.2, 0.25) is 0 Å². The van der Waals surface area contributed by atoms with Crippen LogP contribution in [-0.2, 0) is 17.8 Å². The van der Waals surface area contributed by atoms with Crippen LogP contribution >= 0.6 is 0 Å². The van der Waals surface area contributed by atoms with Gasteiger partial charge in [0.05, 0.1) is 0 Å². The first-order valence-corrected chi connectivity index (χ1v) is 6.52. The van der Waals surface area contributed by atoms with Crippen molar-refractivity contribution in [3.8, 4) is 0 Å². The Kier molecular flexibility index (Phi) is 3.95. The Balaban J connectivity index is 2.03. The Morgan fingerprint density at radius 2 is 2.00 bits per heavy atom. The van der Waals surface area contributed by atoms with Gasteiger partial charge in [-0.3, -0.25) is 9.69 Å². The van der Waals surface area contributed by atoms with Gasteiger partial charge in [-0.1, -0.05) is 38.1 Å². The van der Waals surface area contributed by atoms with Gasteiger partial charge in [0.15, 0.2) is 0 Å². The molecule has 1 heterocycles. The van der Waals surface area contributed by atoms with E-state index in [0.29, 0.717) is 5.78 Å². The van der Waals surface area contributed by atoms with E-state index in [-0.39, 0.29) is 5.92 Å². The van der Waals surface area contributed by atoms with Gasteiger partial charge < -0.3 is 0 Å². The highest BCUT2D eigenvalue weighted by atomic mass is 16.1. The van der Waals surface area contributed by atoms with Gasteiger partial charge >= 0.3 is 0 Å². The highest BCUT2D eigenvalue weighted by Crippen LogP contribution is 2.17. The van der Waals surface area contributed by atoms with Crippen molar-refractivity contribution in [2.75, 3.05) is 13.1 Å². The molecule has 0 N–H and O–H groups in total. The Morgan fingerprint density at radius 3 is 2.65 bits per heavy atom. The summed E-state index contributed by atoms with van der Waals surface area (Å²) in [7, 11) is 0. The molecule has 2 nitrogen and oxygen atoms in total. The summed E-state index contributed by atoms with van der Waals surface area (Å²) < 4.78 is 0. The number of piperidine rings is 1. The Bertz CT molecular complexity index is 400. The molecule has 0 amide bonds. The van der Waals surface area contributed by atoms with Crippen LogP contribution in [0.2, 0.25) is 0 Å². The molecule has 0 spiro atoms. The predicted molar refractivity (Wildman–Crippen MR) is 69.9 cm³/mol. The summed E-state index contributed by atoms with van der Waals surface area (Å²) in [5.41, 5.74) is 2.84. The van der Waals surface area contributed by atoms with Crippen LogP contribution in [0.5, 0.6) is 0 Å². The maximum Gasteiger partial charge on any atom is 0.138 e. The predicted octanol–water partition coefficient (Wildman–Crippen LogP) is 2.66. The van der Waals surface area contributed by atoms with Gasteiger partial charge in [0.1, 0.15) is 5.78 Å². The summed E-state index contributed by atoms with van der Waals surface area (Å²) >= 11 is 0. The van der Waals surface area contributed by atoms with Crippen LogP contribution in [0.3, 0.4) is 0 Å². The third-order valence-corrected chi connectivity index (χ3v) is 3.65. The molecule has 2 rings (SSSR count). The van der Waals surface area contributed by atoms with E-state index in [1.165, 1.54) is 11.1 Å². The fraction of sp³-hybridized carbons (Fsp3) is 0.533. The topological polar surface area (TPSA) is 20.3 Å². The zero-order valence-corrected chi connectivity index (χ0v) is 10.8. The smallest absolute Gasteiger partial charge is 0.138 e. The van der Waals surface area contributed by atoms with Crippen molar-refractivity contribution in [1.29, 1.82) is 0 Å². The van der Waals surface area contributed by atoms with Gasteiger partial charge in [-0.15, -0.1) is 0 Å². The van der Waals surface area contributed by atoms with Crippen LogP contribution in [0.1, 0.15) is 31.4 Å². The SMILES string of the molecule is CCc1ccccc1CN1CCC(=O)C(C)C1. The standard InChI is InChI=1S/C15H21NO/c1-3-13-6-4-5-7-14(13)11-16-9-8-15(17)12(2)10-16/h4-7,12H,3,8-11H2,1-2H3. The maximum atomic E-state index is 11.5. The molecule has 1 fully saturated rings. The number of benzene rings is 1. The van der Waals surface area contributed by atoms with E-state index in [9.17, 15) is 4.79 Å². The third kappa shape index (κ3) is 2.95. The average Bonchev–Trinajstić information content (AvgIpc) is 2.34. The first kappa shape index (κ1) is 12.3. The van der Waals surface area contributed by atoms with E-state index in [4.69, 9.17) is 0 Å². The van der Waals surface area contributed by atoms with E-state index in [1.807, 2.05) is 6.92 Å². The maximum absolute atomic E-state index is 11.5. The Morgan fingerprint density at radius 1 is 1.29 bits per heavy atom. The van der Waals surface area contributed by atoms with Crippen molar-refractivity contribution in [1.82, 2.24) is 4.90 Å². The number of ketones is 1. The lowest BCUT2D eigenvalue weighted by molar-refractivity contribution is -0.125. The average molecular weight is 231 g/mol. The number of aryl methyl sites for hydroxylation is 1. The van der Waals surface area contributed by atoms with Crippen molar-refractivity contribution in [2.24, 2.45) is 5.92 Å². The molecule has 1 unspecified atom stereocenters. The molecule has 1 aromatic carbocycles. The minimum atomic E-state index is 0.206. The lowest BCUT2D eigenvalue weighted by atomic mass is 9.97. The summed E-state index contributed by atoms with van der Waals surface area (Å²) in [5, 5.41) is 0. The largest absolute Gasteiger partial charge is 0.299 e. The van der Waals surface area contributed by atoms with E-state index >= 15 is 0 Å². The van der Waals surface area contributed by atoms with Crippen LogP contribution in [0.25, 0.3) is 0 Å². The van der Waals surface area contributed by atoms with Crippen molar-refractivity contribution >= 4 is 5.78 Å². The molecule has 0 aliphatic carbocycles. The fourth-order valence-corrected chi connectivity index (χ4v) is 2.54. The minimum Gasteiger partial charge on any atom is -0.299 e. The quantitative estimate of drug-likeness (QED) is 0.797. The van der Waals surface area contributed by atoms with Crippen molar-refractivity contribution < 1.29 is 4.79 Å². The second-order valence-electron chi connectivity index (χ2n) is 4.97. The van der Waals surface area contributed by atoms with Gasteiger partial charge in [0.25, 0.3) is 0 Å². The highest BCUT2D eigenvalue weighted by Gasteiger charge is 2.23. The molecule has 1 aliphatic rings. The monoisotopic (exact) mass is 231 g/mol. The minimum absolute atomic E-state index is 0.206. The van der Waals surface area contributed by atoms with Crippen LogP contribution in [0, 0.1) is 5.92 Å². The van der Waals surface area contributed by atoms with Crippen LogP contribution < -0.4 is 0 Å². The number of rotatable bonds is 3. The fourth-order valence-electron chi connectivity index (χ4n) is 2.54. The molecule has 92 valence electrons. The molecule has 1 aromatic rings. The number of likely N-dealkylation sites (tertiary alicyclic amines) is 1. The van der Waals surface area contributed by atoms with Crippen molar-refractivity contribution in [3.63, 3.8) is 0 Å². The summed E-state index contributed by atoms with van der Waals surface area (Å²) in [4.78, 5) is 13.9. The lowest BCUT2D eigenvalue weighted by Crippen LogP contribution is -2.39. The van der Waals surface area contributed by atoms with Crippen LogP contribution in [0.4, 0.5) is 0 Å². The van der Waals surface area contributed by atoms with Crippen LogP contribution in [0.15, 0.2) is 24.3 Å². The number of carbonyl (C=O) groups is 1. The highest BCUT2D eigenvalue weighted by molar-refractivity contribution is 5.81. The zero-order valence-electron chi connectivity index (χ0n) is 10.8. The van der Waals surface area contributed by atoms with Gasteiger partial charge in [-0.05, 0) is 17.5 Å². The molecular formula is C15H21NO. The van der Waals surface area contributed by atoms with Crippen molar-refractivity contribution in [3.05, 3.63) is 35.4 Å². The molecule has 2 heteroatoms. The second-order valence-corrected chi connectivity index (χ2v) is 4.97. The summed E-state index contributed by atoms with van der Waals surface area (Å²) in [6, 6.07) is 8.62. The molecule has 1 atom stereocenters. The van der Waals surface area contributed by atoms with Crippen molar-refractivity contribution in [2.45, 2.75) is 33.2 Å². The molecule has 0 saturated carbocycles. The lowest BCUT2D eigenvalue weighted by Gasteiger charge is -2.30. The molecule has 0 aromatic heterocycles. The number of carbonyl (C=O) groups excluding carboxylic acids is 1. The Labute approximate surface area is 104 Å². The summed E-state index contributed by atoms with van der Waals surface area (Å²) in [5.74, 6) is 0.627. The number of Topliss-reactive ketones (excluding diaryl/α,β-unsaturated/α-hetero) is 1. The van der Waals surface area contributed by atoms with Crippen LogP contribution in [-0.4, -0.2) is 23.8 Å². The molecule has 1 aliphatic heterocycles. The molecule has 1 saturated heterocycles. The van der Waals surface area contributed by atoms with E-state index in [1.54, 1.807) is 0 Å². The third-order valence-electron chi connectivity index (χ3n) is 3.65. The van der Waals surface area contributed by atoms with Gasteiger partial charge in [-0.2, -0.15) is 0 Å². The first-order valence-electron chi connectivity index (χ1n) is 6.52. The zero-order chi connectivity index (χ0) is 12.3. The normalized spacial score (nSPS) is 21.8. The van der Waals surface area contributed by atoms with Gasteiger partial charge in [0, 0.05) is 32.0 Å². The van der Waals surface area contributed by atoms with E-state index in [0.717, 1.165) is 32.5 Å². The summed E-state index contributed by atoms with van der Waals surface area (Å²) in [6.45, 7) is 7.06. The number of hydrogen-bond acceptors (Lipinski definition) is 2. The van der Waals surface area contributed by atoms with E-state index < -0.39 is 0 Å². The molecular weight excluding hydrogens is 210 g/mol. The Hall–Kier alpha value is -1.15. The molecule has 17 heavy (non-hydrogen) atoms. The second kappa shape index (κ2) is 5.46. The number of nitrogens with zero attached hydrogens (tertiary/aromatic N) is 1. The first-order chi connectivity index (χ1) is 8.20.